The van der Waals surface area contributed by atoms with Gasteiger partial charge in [-0.1, -0.05) is 65.4 Å². The first-order chi connectivity index (χ1) is 12.7. The molecule has 4 rings (SSSR count). The van der Waals surface area contributed by atoms with E-state index in [1.807, 2.05) is 65.2 Å². The highest BCUT2D eigenvalue weighted by Crippen LogP contribution is 2.25. The Balaban J connectivity index is 1.86. The van der Waals surface area contributed by atoms with Crippen molar-refractivity contribution in [2.24, 2.45) is 4.99 Å². The van der Waals surface area contributed by atoms with Crippen molar-refractivity contribution in [3.8, 4) is 0 Å². The molecule has 4 aromatic rings. The third kappa shape index (κ3) is 2.98. The largest absolute Gasteiger partial charge is 0.311 e. The Hall–Kier alpha value is -2.69. The van der Waals surface area contributed by atoms with Gasteiger partial charge in [-0.2, -0.15) is 4.99 Å². The molecule has 0 saturated carbocycles. The number of carbonyl (C=O) groups excluding carboxylic acids is 1. The summed E-state index contributed by atoms with van der Waals surface area (Å²) in [6.07, 6.45) is 1.77. The SMILES string of the molecule is C=CCn1c(=NC(=O)c2ccc3ccccc3c2)sc2cccc(Cl)c21. The summed E-state index contributed by atoms with van der Waals surface area (Å²) in [7, 11) is 0. The summed E-state index contributed by atoms with van der Waals surface area (Å²) in [5.41, 5.74) is 1.45. The van der Waals surface area contributed by atoms with Gasteiger partial charge in [-0.05, 0) is 35.0 Å². The van der Waals surface area contributed by atoms with Gasteiger partial charge >= 0.3 is 0 Å². The Bertz CT molecular complexity index is 1220. The van der Waals surface area contributed by atoms with Gasteiger partial charge in [0.25, 0.3) is 5.91 Å². The lowest BCUT2D eigenvalue weighted by Crippen LogP contribution is -2.16. The second-order valence-corrected chi connectivity index (χ2v) is 7.27. The molecule has 0 spiro atoms. The summed E-state index contributed by atoms with van der Waals surface area (Å²) in [6, 6.07) is 19.3. The molecule has 1 aromatic heterocycles. The van der Waals surface area contributed by atoms with Crippen LogP contribution in [0.3, 0.4) is 0 Å². The summed E-state index contributed by atoms with van der Waals surface area (Å²) in [5, 5.41) is 2.76. The van der Waals surface area contributed by atoms with Crippen molar-refractivity contribution in [2.45, 2.75) is 6.54 Å². The summed E-state index contributed by atoms with van der Waals surface area (Å²) in [4.78, 5) is 17.7. The van der Waals surface area contributed by atoms with Gasteiger partial charge < -0.3 is 4.57 Å². The predicted molar refractivity (Wildman–Crippen MR) is 109 cm³/mol. The van der Waals surface area contributed by atoms with Crippen LogP contribution in [0.15, 0.2) is 78.3 Å². The molecule has 0 fully saturated rings. The van der Waals surface area contributed by atoms with Crippen molar-refractivity contribution in [2.75, 3.05) is 0 Å². The maximum Gasteiger partial charge on any atom is 0.279 e. The molecular weight excluding hydrogens is 364 g/mol. The Morgan fingerprint density at radius 3 is 2.73 bits per heavy atom. The quantitative estimate of drug-likeness (QED) is 0.437. The van der Waals surface area contributed by atoms with E-state index in [1.54, 1.807) is 6.08 Å². The molecule has 3 nitrogen and oxygen atoms in total. The van der Waals surface area contributed by atoms with E-state index in [9.17, 15) is 4.79 Å². The van der Waals surface area contributed by atoms with E-state index >= 15 is 0 Å². The number of hydrogen-bond acceptors (Lipinski definition) is 2. The monoisotopic (exact) mass is 378 g/mol. The minimum Gasteiger partial charge on any atom is -0.311 e. The lowest BCUT2D eigenvalue weighted by molar-refractivity contribution is 0.0998. The van der Waals surface area contributed by atoms with Crippen LogP contribution < -0.4 is 4.80 Å². The third-order valence-electron chi connectivity index (χ3n) is 4.16. The highest BCUT2D eigenvalue weighted by Gasteiger charge is 2.11. The van der Waals surface area contributed by atoms with Crippen molar-refractivity contribution in [3.63, 3.8) is 0 Å². The third-order valence-corrected chi connectivity index (χ3v) is 5.51. The topological polar surface area (TPSA) is 34.4 Å². The van der Waals surface area contributed by atoms with Gasteiger partial charge in [-0.3, -0.25) is 4.79 Å². The first-order valence-electron chi connectivity index (χ1n) is 8.14. The number of amides is 1. The van der Waals surface area contributed by atoms with Crippen LogP contribution in [-0.4, -0.2) is 10.5 Å². The van der Waals surface area contributed by atoms with Gasteiger partial charge in [0.2, 0.25) is 0 Å². The van der Waals surface area contributed by atoms with Crippen LogP contribution in [0.25, 0.3) is 21.0 Å². The second-order valence-electron chi connectivity index (χ2n) is 5.85. The maximum atomic E-state index is 12.7. The fourth-order valence-corrected chi connectivity index (χ4v) is 4.34. The molecular formula is C21H15ClN2OS. The number of fused-ring (bicyclic) bond motifs is 2. The number of carbonyl (C=O) groups is 1. The van der Waals surface area contributed by atoms with Crippen LogP contribution in [0.2, 0.25) is 5.02 Å². The average Bonchev–Trinajstić information content (AvgIpc) is 3.00. The molecule has 0 saturated heterocycles. The lowest BCUT2D eigenvalue weighted by atomic mass is 10.1. The van der Waals surface area contributed by atoms with Crippen molar-refractivity contribution < 1.29 is 4.79 Å². The molecule has 3 aromatic carbocycles. The second kappa shape index (κ2) is 6.90. The van der Waals surface area contributed by atoms with Crippen LogP contribution in [0.1, 0.15) is 10.4 Å². The molecule has 0 radical (unpaired) electrons. The maximum absolute atomic E-state index is 12.7. The first kappa shape index (κ1) is 16.8. The zero-order chi connectivity index (χ0) is 18.1. The number of allylic oxidation sites excluding steroid dienone is 1. The summed E-state index contributed by atoms with van der Waals surface area (Å²) >= 11 is 7.80. The van der Waals surface area contributed by atoms with E-state index < -0.39 is 0 Å². The van der Waals surface area contributed by atoms with E-state index in [4.69, 9.17) is 11.6 Å². The number of benzene rings is 3. The highest BCUT2D eigenvalue weighted by molar-refractivity contribution is 7.16. The molecule has 0 unspecified atom stereocenters. The van der Waals surface area contributed by atoms with Gasteiger partial charge in [0.1, 0.15) is 0 Å². The number of aromatic nitrogens is 1. The number of thiazole rings is 1. The smallest absolute Gasteiger partial charge is 0.279 e. The van der Waals surface area contributed by atoms with Crippen LogP contribution >= 0.6 is 22.9 Å². The molecule has 128 valence electrons. The van der Waals surface area contributed by atoms with Gasteiger partial charge in [0.15, 0.2) is 4.80 Å². The highest BCUT2D eigenvalue weighted by atomic mass is 35.5. The van der Waals surface area contributed by atoms with E-state index in [-0.39, 0.29) is 5.91 Å². The Morgan fingerprint density at radius 2 is 1.92 bits per heavy atom. The van der Waals surface area contributed by atoms with E-state index in [2.05, 4.69) is 11.6 Å². The molecule has 0 aliphatic rings. The average molecular weight is 379 g/mol. The number of hydrogen-bond donors (Lipinski definition) is 0. The molecule has 5 heteroatoms. The molecule has 0 N–H and O–H groups in total. The van der Waals surface area contributed by atoms with E-state index in [1.165, 1.54) is 11.3 Å². The molecule has 26 heavy (non-hydrogen) atoms. The van der Waals surface area contributed by atoms with E-state index in [0.29, 0.717) is 21.9 Å². The van der Waals surface area contributed by atoms with Crippen molar-refractivity contribution in [1.82, 2.24) is 4.57 Å². The van der Waals surface area contributed by atoms with Gasteiger partial charge in [0, 0.05) is 12.1 Å². The Labute approximate surface area is 159 Å². The number of rotatable bonds is 3. The number of nitrogens with zero attached hydrogens (tertiary/aromatic N) is 2. The van der Waals surface area contributed by atoms with Crippen LogP contribution in [0.5, 0.6) is 0 Å². The summed E-state index contributed by atoms with van der Waals surface area (Å²) in [6.45, 7) is 4.33. The van der Waals surface area contributed by atoms with Gasteiger partial charge in [-0.15, -0.1) is 6.58 Å². The van der Waals surface area contributed by atoms with E-state index in [0.717, 1.165) is 21.0 Å². The molecule has 0 bridgehead atoms. The first-order valence-corrected chi connectivity index (χ1v) is 9.33. The zero-order valence-electron chi connectivity index (χ0n) is 13.9. The van der Waals surface area contributed by atoms with Gasteiger partial charge in [0.05, 0.1) is 15.2 Å². The van der Waals surface area contributed by atoms with Crippen LogP contribution in [0.4, 0.5) is 0 Å². The molecule has 1 heterocycles. The van der Waals surface area contributed by atoms with Crippen LogP contribution in [0, 0.1) is 0 Å². The molecule has 1 amide bonds. The normalized spacial score (nSPS) is 12.0. The van der Waals surface area contributed by atoms with Gasteiger partial charge in [-0.25, -0.2) is 0 Å². The Morgan fingerprint density at radius 1 is 1.12 bits per heavy atom. The standard InChI is InChI=1S/C21H15ClN2OS/c1-2-12-24-19-17(22)8-5-9-18(19)26-21(24)23-20(25)16-11-10-14-6-3-4-7-15(14)13-16/h2-11,13H,1,12H2. The van der Waals surface area contributed by atoms with Crippen molar-refractivity contribution in [1.29, 1.82) is 0 Å². The zero-order valence-corrected chi connectivity index (χ0v) is 15.4. The number of halogens is 1. The fourth-order valence-electron chi connectivity index (χ4n) is 2.94. The summed E-state index contributed by atoms with van der Waals surface area (Å²) < 4.78 is 2.92. The minimum absolute atomic E-state index is 0.267. The number of para-hydroxylation sites is 1. The predicted octanol–water partition coefficient (Wildman–Crippen LogP) is 5.44. The molecule has 0 aliphatic heterocycles. The molecule has 0 atom stereocenters. The lowest BCUT2D eigenvalue weighted by Gasteiger charge is -2.03. The molecule has 0 aliphatic carbocycles. The van der Waals surface area contributed by atoms with Crippen molar-refractivity contribution >= 4 is 49.8 Å². The minimum atomic E-state index is -0.267. The summed E-state index contributed by atoms with van der Waals surface area (Å²) in [5.74, 6) is -0.267. The van der Waals surface area contributed by atoms with Crippen LogP contribution in [-0.2, 0) is 6.54 Å². The fraction of sp³-hybridized carbons (Fsp3) is 0.0476. The Kier molecular flexibility index (Phi) is 4.45. The van der Waals surface area contributed by atoms with Crippen molar-refractivity contribution in [3.05, 3.63) is 88.7 Å².